The molecular weight excluding hydrogens is 1220 g/mol. The van der Waals surface area contributed by atoms with Gasteiger partial charge < -0.3 is 38.9 Å². The topological polar surface area (TPSA) is 217 Å². The van der Waals surface area contributed by atoms with Gasteiger partial charge in [0.25, 0.3) is 0 Å². The summed E-state index contributed by atoms with van der Waals surface area (Å²) in [7, 11) is 4.02. The standard InChI is InChI=1S/C35H45N3O6S.C17H18ClN3O4S.C17H27NO2/c1-36(2)26-31(28-15-17-29(43-3)18-16-28)35(19-7-4-8-20-35)44-34(40)25-33(39)37-21-10-22-38(24-23-37)45(41,42)32-14-9-12-27-11-5-6-13-30(27)32;18-16(22)11-17(23)20-7-2-8-21(10-9-20)26(24,25)15-4-1-3-13-12-19-6-5-14(13)15;1-18(2)13-16(17(19)11-5-4-6-12-17)14-7-9-15(20-3)10-8-14/h5-6,9,11-18,31H,4,7-8,10,19-26H2,1-3H3;1,3-6,12H,2,7-11H2;7-10,16,19H,4-6,11-13H2,1-3H3. The van der Waals surface area contributed by atoms with Crippen LogP contribution in [0.1, 0.15) is 113 Å². The van der Waals surface area contributed by atoms with Crippen LogP contribution in [0.2, 0.25) is 0 Å². The number of hydrogen-bond donors (Lipinski definition) is 1. The third-order valence-corrected chi connectivity index (χ3v) is 22.0. The maximum atomic E-state index is 13.7. The second kappa shape index (κ2) is 32.3. The van der Waals surface area contributed by atoms with E-state index in [-0.39, 0.29) is 72.5 Å². The predicted octanol–water partition coefficient (Wildman–Crippen LogP) is 9.70. The molecule has 2 unspecified atom stereocenters. The van der Waals surface area contributed by atoms with Gasteiger partial charge >= 0.3 is 5.97 Å². The Morgan fingerprint density at radius 1 is 0.538 bits per heavy atom. The summed E-state index contributed by atoms with van der Waals surface area (Å²) in [4.78, 5) is 61.8. The fourth-order valence-corrected chi connectivity index (χ4v) is 16.7. The molecule has 91 heavy (non-hydrogen) atoms. The number of pyridine rings is 1. The second-order valence-corrected chi connectivity index (χ2v) is 29.0. The summed E-state index contributed by atoms with van der Waals surface area (Å²) >= 11 is 5.27. The van der Waals surface area contributed by atoms with E-state index in [9.17, 15) is 41.1 Å². The van der Waals surface area contributed by atoms with Crippen LogP contribution in [0.25, 0.3) is 21.5 Å². The number of nitrogens with zero attached hydrogens (tertiary/aromatic N) is 7. The number of aromatic nitrogens is 1. The first-order valence-corrected chi connectivity index (χ1v) is 34.9. The largest absolute Gasteiger partial charge is 0.497 e. The lowest BCUT2D eigenvalue weighted by atomic mass is 9.72. The van der Waals surface area contributed by atoms with Crippen molar-refractivity contribution in [2.75, 3.05) is 108 Å². The maximum absolute atomic E-state index is 13.7. The first-order chi connectivity index (χ1) is 43.6. The average Bonchev–Trinajstić information content (AvgIpc) is 1.44. The first-order valence-electron chi connectivity index (χ1n) is 31.6. The number of aliphatic hydroxyl groups is 1. The Labute approximate surface area is 542 Å². The number of methoxy groups -OCH3 is 2. The van der Waals surface area contributed by atoms with Crippen LogP contribution in [0.5, 0.6) is 11.5 Å². The van der Waals surface area contributed by atoms with Gasteiger partial charge in [0.05, 0.1) is 29.6 Å². The number of carbonyl (C=O) groups is 4. The molecule has 2 saturated heterocycles. The van der Waals surface area contributed by atoms with Crippen LogP contribution in [0.4, 0.5) is 0 Å². The molecule has 10 rings (SSSR count). The van der Waals surface area contributed by atoms with E-state index in [1.807, 2.05) is 86.9 Å². The van der Waals surface area contributed by atoms with Crippen LogP contribution in [0, 0.1) is 0 Å². The highest BCUT2D eigenvalue weighted by Crippen LogP contribution is 2.45. The lowest BCUT2D eigenvalue weighted by Crippen LogP contribution is -2.47. The van der Waals surface area contributed by atoms with Crippen molar-refractivity contribution >= 4 is 76.2 Å². The number of likely N-dealkylation sites (N-methyl/N-ethyl adjacent to an activating group) is 2. The van der Waals surface area contributed by atoms with Gasteiger partial charge in [-0.2, -0.15) is 8.61 Å². The molecule has 1 aromatic heterocycles. The number of rotatable bonds is 19. The summed E-state index contributed by atoms with van der Waals surface area (Å²) in [6.45, 7) is 3.75. The molecule has 1 N–H and O–H groups in total. The van der Waals surface area contributed by atoms with E-state index in [2.05, 4.69) is 41.0 Å². The Morgan fingerprint density at radius 2 is 1.00 bits per heavy atom. The van der Waals surface area contributed by atoms with Gasteiger partial charge in [-0.3, -0.25) is 24.2 Å². The van der Waals surface area contributed by atoms with Crippen LogP contribution in [-0.4, -0.2) is 197 Å². The minimum absolute atomic E-state index is 0.0659. The molecule has 4 aliphatic rings. The minimum atomic E-state index is -3.77. The summed E-state index contributed by atoms with van der Waals surface area (Å²) in [6.07, 6.45) is 13.2. The van der Waals surface area contributed by atoms with E-state index in [1.54, 1.807) is 61.8 Å². The molecule has 2 saturated carbocycles. The Morgan fingerprint density at radius 3 is 1.52 bits per heavy atom. The molecule has 2 aliphatic carbocycles. The molecule has 22 heteroatoms. The van der Waals surface area contributed by atoms with Crippen molar-refractivity contribution in [3.8, 4) is 11.5 Å². The smallest absolute Gasteiger partial charge is 0.315 e. The number of hydrogen-bond acceptors (Lipinski definition) is 15. The van der Waals surface area contributed by atoms with E-state index in [4.69, 9.17) is 25.8 Å². The molecule has 3 heterocycles. The van der Waals surface area contributed by atoms with Crippen molar-refractivity contribution in [3.05, 3.63) is 139 Å². The van der Waals surface area contributed by atoms with E-state index >= 15 is 0 Å². The van der Waals surface area contributed by atoms with Crippen molar-refractivity contribution in [2.24, 2.45) is 0 Å². The number of esters is 1. The molecule has 4 fully saturated rings. The lowest BCUT2D eigenvalue weighted by molar-refractivity contribution is -0.169. The van der Waals surface area contributed by atoms with Gasteiger partial charge in [-0.05, 0) is 150 Å². The molecular formula is C69H90ClN7O12S2. The Hall–Kier alpha value is -6.56. The predicted molar refractivity (Wildman–Crippen MR) is 354 cm³/mol. The molecule has 2 aliphatic heterocycles. The van der Waals surface area contributed by atoms with E-state index in [0.29, 0.717) is 56.3 Å². The number of ether oxygens (including phenoxy) is 3. The van der Waals surface area contributed by atoms with Crippen molar-refractivity contribution in [2.45, 2.75) is 123 Å². The van der Waals surface area contributed by atoms with Crippen LogP contribution >= 0.6 is 11.6 Å². The van der Waals surface area contributed by atoms with E-state index in [1.165, 1.54) is 25.5 Å². The maximum Gasteiger partial charge on any atom is 0.315 e. The SMILES string of the molecule is COc1ccc(C(CN(C)C)C2(O)CCCCC2)cc1.COc1ccc(C(CN(C)C)C2(OC(=O)CC(=O)N3CCCN(S(=O)(=O)c4cccc5ccccc45)CC3)CCCCC2)cc1.O=C(Cl)CC(=O)N1CCCN(S(=O)(=O)c2cccc3cnccc23)CC1. The van der Waals surface area contributed by atoms with Crippen LogP contribution in [0.15, 0.2) is 137 Å². The monoisotopic (exact) mass is 1310 g/mol. The Bertz CT molecular complexity index is 3630. The third kappa shape index (κ3) is 18.2. The van der Waals surface area contributed by atoms with Crippen LogP contribution < -0.4 is 9.47 Å². The van der Waals surface area contributed by atoms with Gasteiger partial charge in [0.15, 0.2) is 0 Å². The van der Waals surface area contributed by atoms with E-state index in [0.717, 1.165) is 92.2 Å². The highest BCUT2D eigenvalue weighted by Gasteiger charge is 2.45. The molecule has 0 bridgehead atoms. The van der Waals surface area contributed by atoms with Gasteiger partial charge in [0, 0.05) is 106 Å². The molecule has 5 aromatic carbocycles. The second-order valence-electron chi connectivity index (χ2n) is 24.8. The fraction of sp³-hybridized carbons (Fsp3) is 0.493. The minimum Gasteiger partial charge on any atom is -0.497 e. The molecule has 2 amide bonds. The summed E-state index contributed by atoms with van der Waals surface area (Å²) < 4.78 is 73.5. The number of sulfonamides is 2. The van der Waals surface area contributed by atoms with Crippen molar-refractivity contribution in [1.82, 2.24) is 33.2 Å². The summed E-state index contributed by atoms with van der Waals surface area (Å²) in [5, 5.41) is 13.3. The molecule has 0 spiro atoms. The number of halogens is 1. The number of fused-ring (bicyclic) bond motifs is 2. The molecule has 492 valence electrons. The van der Waals surface area contributed by atoms with Gasteiger partial charge in [-0.1, -0.05) is 98.5 Å². The quantitative estimate of drug-likeness (QED) is 0.0454. The zero-order valence-electron chi connectivity index (χ0n) is 53.5. The normalized spacial score (nSPS) is 18.1. The summed E-state index contributed by atoms with van der Waals surface area (Å²) in [6, 6.07) is 35.6. The molecule has 2 atom stereocenters. The van der Waals surface area contributed by atoms with Gasteiger partial charge in [-0.15, -0.1) is 0 Å². The van der Waals surface area contributed by atoms with Crippen molar-refractivity contribution in [3.63, 3.8) is 0 Å². The Balaban J connectivity index is 0.000000195. The highest BCUT2D eigenvalue weighted by atomic mass is 35.5. The number of amides is 2. The molecule has 0 radical (unpaired) electrons. The lowest BCUT2D eigenvalue weighted by Gasteiger charge is -2.44. The number of benzene rings is 5. The summed E-state index contributed by atoms with van der Waals surface area (Å²) in [5.41, 5.74) is 1.02. The van der Waals surface area contributed by atoms with Crippen molar-refractivity contribution in [1.29, 1.82) is 0 Å². The first kappa shape index (κ1) is 70.3. The number of carbonyl (C=O) groups excluding carboxylic acids is 4. The van der Waals surface area contributed by atoms with Crippen LogP contribution in [0.3, 0.4) is 0 Å². The van der Waals surface area contributed by atoms with Gasteiger partial charge in [-0.25, -0.2) is 16.8 Å². The fourth-order valence-electron chi connectivity index (χ4n) is 13.3. The third-order valence-electron chi connectivity index (χ3n) is 18.0. The summed E-state index contributed by atoms with van der Waals surface area (Å²) in [5.74, 6) is 0.511. The van der Waals surface area contributed by atoms with Gasteiger partial charge in [0.1, 0.15) is 29.9 Å². The Kier molecular flexibility index (Phi) is 25.0. The van der Waals surface area contributed by atoms with Gasteiger partial charge in [0.2, 0.25) is 37.1 Å². The van der Waals surface area contributed by atoms with Crippen LogP contribution in [-0.2, 0) is 44.0 Å². The zero-order chi connectivity index (χ0) is 65.3. The zero-order valence-corrected chi connectivity index (χ0v) is 55.9. The van der Waals surface area contributed by atoms with E-state index < -0.39 is 42.5 Å². The molecule has 6 aromatic rings. The molecule has 19 nitrogen and oxygen atoms in total. The highest BCUT2D eigenvalue weighted by molar-refractivity contribution is 7.89. The van der Waals surface area contributed by atoms with Crippen molar-refractivity contribution < 1.29 is 55.3 Å². The average molecular weight is 1310 g/mol.